The lowest BCUT2D eigenvalue weighted by Gasteiger charge is -2.07. The summed E-state index contributed by atoms with van der Waals surface area (Å²) in [4.78, 5) is 10.3. The normalized spacial score (nSPS) is 9.88. The molecule has 0 radical (unpaired) electrons. The molecule has 0 saturated heterocycles. The molecule has 5 nitrogen and oxygen atoms in total. The van der Waals surface area contributed by atoms with Crippen LogP contribution in [-0.2, 0) is 4.74 Å². The Morgan fingerprint density at radius 3 is 2.88 bits per heavy atom. The Morgan fingerprint density at radius 1 is 1.41 bits per heavy atom. The first-order valence-corrected chi connectivity index (χ1v) is 5.41. The second-order valence-electron chi connectivity index (χ2n) is 3.39. The molecule has 0 aliphatic carbocycles. The first-order valence-electron chi connectivity index (χ1n) is 5.41. The molecule has 0 aliphatic rings. The summed E-state index contributed by atoms with van der Waals surface area (Å²) >= 11 is 0. The van der Waals surface area contributed by atoms with Gasteiger partial charge in [-0.3, -0.25) is 10.1 Å². The third-order valence-corrected chi connectivity index (χ3v) is 2.13. The molecule has 0 atom stereocenters. The summed E-state index contributed by atoms with van der Waals surface area (Å²) in [5, 5.41) is 13.7. The number of nitro benzene ring substituents is 1. The number of ether oxygens (including phenoxy) is 1. The summed E-state index contributed by atoms with van der Waals surface area (Å²) in [5.74, 6) is 0. The highest BCUT2D eigenvalue weighted by atomic mass is 16.6. The maximum absolute atomic E-state index is 10.7. The molecule has 0 spiro atoms. The first-order chi connectivity index (χ1) is 8.25. The van der Waals surface area contributed by atoms with Gasteiger partial charge in [0.2, 0.25) is 0 Å². The molecule has 1 N–H and O–H groups in total. The van der Waals surface area contributed by atoms with Crippen LogP contribution in [0.5, 0.6) is 0 Å². The van der Waals surface area contributed by atoms with Gasteiger partial charge < -0.3 is 10.1 Å². The zero-order chi connectivity index (χ0) is 12.5. The van der Waals surface area contributed by atoms with E-state index >= 15 is 0 Å². The standard InChI is InChI=1S/C12H16N2O3/c1-2-3-9-17-10-8-13-11-6-4-5-7-12(11)14(15)16/h2,4-7,13H,1,3,8-10H2. The van der Waals surface area contributed by atoms with Crippen LogP contribution in [0.2, 0.25) is 0 Å². The van der Waals surface area contributed by atoms with E-state index in [-0.39, 0.29) is 5.69 Å². The molecule has 17 heavy (non-hydrogen) atoms. The molecule has 0 aliphatic heterocycles. The van der Waals surface area contributed by atoms with Crippen LogP contribution in [0.3, 0.4) is 0 Å². The number of nitrogens with zero attached hydrogens (tertiary/aromatic N) is 1. The Labute approximate surface area is 100 Å². The molecular weight excluding hydrogens is 220 g/mol. The van der Waals surface area contributed by atoms with Crippen LogP contribution in [0.15, 0.2) is 36.9 Å². The average Bonchev–Trinajstić information content (AvgIpc) is 2.34. The average molecular weight is 236 g/mol. The molecular formula is C12H16N2O3. The van der Waals surface area contributed by atoms with Gasteiger partial charge >= 0.3 is 0 Å². The van der Waals surface area contributed by atoms with Gasteiger partial charge in [-0.2, -0.15) is 0 Å². The highest BCUT2D eigenvalue weighted by Gasteiger charge is 2.10. The van der Waals surface area contributed by atoms with Crippen LogP contribution < -0.4 is 5.32 Å². The molecule has 0 unspecified atom stereocenters. The van der Waals surface area contributed by atoms with Gasteiger partial charge in [0.25, 0.3) is 5.69 Å². The van der Waals surface area contributed by atoms with Crippen molar-refractivity contribution >= 4 is 11.4 Å². The summed E-state index contributed by atoms with van der Waals surface area (Å²) in [5.41, 5.74) is 0.600. The van der Waals surface area contributed by atoms with Gasteiger partial charge in [0.1, 0.15) is 5.69 Å². The zero-order valence-corrected chi connectivity index (χ0v) is 9.59. The van der Waals surface area contributed by atoms with E-state index in [1.165, 1.54) is 6.07 Å². The van der Waals surface area contributed by atoms with Crippen molar-refractivity contribution < 1.29 is 9.66 Å². The molecule has 0 fully saturated rings. The first kappa shape index (κ1) is 13.2. The topological polar surface area (TPSA) is 64.4 Å². The third kappa shape index (κ3) is 4.65. The zero-order valence-electron chi connectivity index (χ0n) is 9.59. The van der Waals surface area contributed by atoms with E-state index in [9.17, 15) is 10.1 Å². The monoisotopic (exact) mass is 236 g/mol. The summed E-state index contributed by atoms with van der Waals surface area (Å²) in [6, 6.07) is 6.56. The minimum atomic E-state index is -0.402. The highest BCUT2D eigenvalue weighted by molar-refractivity contribution is 5.60. The van der Waals surface area contributed by atoms with Crippen molar-refractivity contribution in [1.82, 2.24) is 0 Å². The molecule has 0 amide bonds. The SMILES string of the molecule is C=CCCOCCNc1ccccc1[N+](=O)[O-]. The number of nitro groups is 1. The van der Waals surface area contributed by atoms with E-state index < -0.39 is 4.92 Å². The highest BCUT2D eigenvalue weighted by Crippen LogP contribution is 2.22. The van der Waals surface area contributed by atoms with Gasteiger partial charge in [0, 0.05) is 12.6 Å². The van der Waals surface area contributed by atoms with Crippen molar-refractivity contribution in [3.8, 4) is 0 Å². The van der Waals surface area contributed by atoms with E-state index in [0.29, 0.717) is 25.4 Å². The maximum atomic E-state index is 10.7. The lowest BCUT2D eigenvalue weighted by atomic mass is 10.2. The van der Waals surface area contributed by atoms with Gasteiger partial charge in [-0.05, 0) is 12.5 Å². The van der Waals surface area contributed by atoms with Gasteiger partial charge in [-0.1, -0.05) is 18.2 Å². The van der Waals surface area contributed by atoms with Crippen LogP contribution in [0.4, 0.5) is 11.4 Å². The molecule has 1 aromatic rings. The van der Waals surface area contributed by atoms with Crippen LogP contribution in [-0.4, -0.2) is 24.7 Å². The molecule has 0 bridgehead atoms. The van der Waals surface area contributed by atoms with Gasteiger partial charge in [-0.25, -0.2) is 0 Å². The molecule has 0 heterocycles. The van der Waals surface area contributed by atoms with Gasteiger partial charge in [0.05, 0.1) is 18.1 Å². The summed E-state index contributed by atoms with van der Waals surface area (Å²) in [6.45, 7) is 5.27. The van der Waals surface area contributed by atoms with Gasteiger partial charge in [0.15, 0.2) is 0 Å². The number of para-hydroxylation sites is 2. The van der Waals surface area contributed by atoms with Gasteiger partial charge in [-0.15, -0.1) is 6.58 Å². The largest absolute Gasteiger partial charge is 0.379 e. The summed E-state index contributed by atoms with van der Waals surface area (Å²) in [7, 11) is 0. The number of nitrogens with one attached hydrogen (secondary N) is 1. The van der Waals surface area contributed by atoms with Crippen molar-refractivity contribution in [3.05, 3.63) is 47.0 Å². The predicted octanol–water partition coefficient (Wildman–Crippen LogP) is 2.60. The fraction of sp³-hybridized carbons (Fsp3) is 0.333. The van der Waals surface area contributed by atoms with Crippen molar-refractivity contribution in [1.29, 1.82) is 0 Å². The quantitative estimate of drug-likeness (QED) is 0.326. The third-order valence-electron chi connectivity index (χ3n) is 2.13. The number of benzene rings is 1. The molecule has 0 aromatic heterocycles. The Bertz CT molecular complexity index is 380. The van der Waals surface area contributed by atoms with E-state index in [2.05, 4.69) is 11.9 Å². The fourth-order valence-electron chi connectivity index (χ4n) is 1.31. The smallest absolute Gasteiger partial charge is 0.292 e. The summed E-state index contributed by atoms with van der Waals surface area (Å²) < 4.78 is 5.29. The van der Waals surface area contributed by atoms with E-state index in [0.717, 1.165) is 6.42 Å². The summed E-state index contributed by atoms with van der Waals surface area (Å²) in [6.07, 6.45) is 2.60. The van der Waals surface area contributed by atoms with E-state index in [1.807, 2.05) is 0 Å². The van der Waals surface area contributed by atoms with Crippen LogP contribution in [0, 0.1) is 10.1 Å². The minimum absolute atomic E-state index is 0.0820. The second-order valence-corrected chi connectivity index (χ2v) is 3.39. The number of hydrogen-bond acceptors (Lipinski definition) is 4. The molecule has 1 rings (SSSR count). The van der Waals surface area contributed by atoms with Crippen LogP contribution in [0.25, 0.3) is 0 Å². The second kappa shape index (κ2) is 7.40. The van der Waals surface area contributed by atoms with Crippen molar-refractivity contribution in [2.75, 3.05) is 25.1 Å². The Kier molecular flexibility index (Phi) is 5.74. The van der Waals surface area contributed by atoms with Crippen molar-refractivity contribution in [2.45, 2.75) is 6.42 Å². The van der Waals surface area contributed by atoms with Crippen LogP contribution >= 0.6 is 0 Å². The molecule has 0 saturated carbocycles. The Morgan fingerprint density at radius 2 is 2.18 bits per heavy atom. The maximum Gasteiger partial charge on any atom is 0.292 e. The fourth-order valence-corrected chi connectivity index (χ4v) is 1.31. The number of rotatable bonds is 8. The Hall–Kier alpha value is -1.88. The molecule has 5 heteroatoms. The van der Waals surface area contributed by atoms with Crippen molar-refractivity contribution in [2.24, 2.45) is 0 Å². The molecule has 1 aromatic carbocycles. The molecule has 92 valence electrons. The number of hydrogen-bond donors (Lipinski definition) is 1. The van der Waals surface area contributed by atoms with E-state index in [1.54, 1.807) is 24.3 Å². The lowest BCUT2D eigenvalue weighted by Crippen LogP contribution is -2.10. The van der Waals surface area contributed by atoms with Crippen molar-refractivity contribution in [3.63, 3.8) is 0 Å². The Balaban J connectivity index is 2.36. The minimum Gasteiger partial charge on any atom is -0.379 e. The number of anilines is 1. The van der Waals surface area contributed by atoms with Crippen LogP contribution in [0.1, 0.15) is 6.42 Å². The lowest BCUT2D eigenvalue weighted by molar-refractivity contribution is -0.384. The van der Waals surface area contributed by atoms with E-state index in [4.69, 9.17) is 4.74 Å². The predicted molar refractivity (Wildman–Crippen MR) is 67.2 cm³/mol.